The molecule has 0 radical (unpaired) electrons. The van der Waals surface area contributed by atoms with Crippen LogP contribution in [-0.4, -0.2) is 26.9 Å². The largest absolute Gasteiger partial charge is 0.455 e. The van der Waals surface area contributed by atoms with Crippen LogP contribution in [0.15, 0.2) is 62.6 Å². The SMILES string of the molecule is Cc1cccc(-c2nnc(COC(=O)CSc3nc4ccccc4o3)o2)c1. The van der Waals surface area contributed by atoms with Gasteiger partial charge in [0.1, 0.15) is 11.3 Å². The molecular formula is C19H15N3O4S. The zero-order valence-electron chi connectivity index (χ0n) is 14.4. The molecule has 0 spiro atoms. The van der Waals surface area contributed by atoms with Crippen molar-refractivity contribution in [2.45, 2.75) is 18.8 Å². The minimum atomic E-state index is -0.419. The Hall–Kier alpha value is -3.13. The van der Waals surface area contributed by atoms with Crippen molar-refractivity contribution in [1.29, 1.82) is 0 Å². The lowest BCUT2D eigenvalue weighted by Crippen LogP contribution is -2.07. The Morgan fingerprint density at radius 2 is 2.00 bits per heavy atom. The van der Waals surface area contributed by atoms with Crippen LogP contribution in [0.5, 0.6) is 0 Å². The van der Waals surface area contributed by atoms with Crippen LogP contribution in [0.1, 0.15) is 11.5 Å². The van der Waals surface area contributed by atoms with Crippen LogP contribution >= 0.6 is 11.8 Å². The Kier molecular flexibility index (Phi) is 4.88. The van der Waals surface area contributed by atoms with E-state index in [-0.39, 0.29) is 18.3 Å². The number of aromatic nitrogens is 3. The lowest BCUT2D eigenvalue weighted by molar-refractivity contribution is -0.142. The van der Waals surface area contributed by atoms with Gasteiger partial charge in [-0.25, -0.2) is 4.98 Å². The van der Waals surface area contributed by atoms with Crippen LogP contribution < -0.4 is 0 Å². The minimum Gasteiger partial charge on any atom is -0.455 e. The van der Waals surface area contributed by atoms with Gasteiger partial charge in [-0.05, 0) is 31.2 Å². The number of hydrogen-bond donors (Lipinski definition) is 0. The molecule has 0 saturated carbocycles. The van der Waals surface area contributed by atoms with Gasteiger partial charge in [-0.2, -0.15) is 0 Å². The summed E-state index contributed by atoms with van der Waals surface area (Å²) >= 11 is 1.17. The fourth-order valence-electron chi connectivity index (χ4n) is 2.42. The molecule has 0 bridgehead atoms. The number of thioether (sulfide) groups is 1. The summed E-state index contributed by atoms with van der Waals surface area (Å²) in [6.45, 7) is 1.91. The molecule has 0 aliphatic rings. The van der Waals surface area contributed by atoms with Gasteiger partial charge in [0, 0.05) is 5.56 Å². The molecule has 0 atom stereocenters. The normalized spacial score (nSPS) is 11.0. The summed E-state index contributed by atoms with van der Waals surface area (Å²) in [5, 5.41) is 8.32. The molecule has 0 aliphatic carbocycles. The number of benzene rings is 2. The molecular weight excluding hydrogens is 366 g/mol. The summed E-state index contributed by atoms with van der Waals surface area (Å²) in [4.78, 5) is 16.2. The summed E-state index contributed by atoms with van der Waals surface area (Å²) < 4.78 is 16.3. The van der Waals surface area contributed by atoms with Gasteiger partial charge in [-0.3, -0.25) is 4.79 Å². The maximum Gasteiger partial charge on any atom is 0.316 e. The van der Waals surface area contributed by atoms with Crippen molar-refractivity contribution in [3.05, 3.63) is 60.0 Å². The maximum absolute atomic E-state index is 11.9. The number of aryl methyl sites for hydroxylation is 1. The van der Waals surface area contributed by atoms with E-state index in [0.717, 1.165) is 16.6 Å². The maximum atomic E-state index is 11.9. The number of ether oxygens (including phenoxy) is 1. The number of carbonyl (C=O) groups is 1. The molecule has 8 heteroatoms. The molecule has 0 amide bonds. The lowest BCUT2D eigenvalue weighted by Gasteiger charge is -2.00. The molecule has 27 heavy (non-hydrogen) atoms. The van der Waals surface area contributed by atoms with E-state index < -0.39 is 5.97 Å². The Morgan fingerprint density at radius 3 is 2.85 bits per heavy atom. The average molecular weight is 381 g/mol. The van der Waals surface area contributed by atoms with Gasteiger partial charge in [0.15, 0.2) is 12.2 Å². The summed E-state index contributed by atoms with van der Waals surface area (Å²) in [7, 11) is 0. The zero-order valence-corrected chi connectivity index (χ0v) is 15.2. The highest BCUT2D eigenvalue weighted by atomic mass is 32.2. The molecule has 4 rings (SSSR count). The van der Waals surface area contributed by atoms with Crippen LogP contribution in [0.3, 0.4) is 0 Å². The van der Waals surface area contributed by atoms with E-state index in [0.29, 0.717) is 16.7 Å². The Bertz CT molecular complexity index is 1060. The predicted octanol–water partition coefficient (Wildman–Crippen LogP) is 4.02. The summed E-state index contributed by atoms with van der Waals surface area (Å²) in [5.74, 6) is 0.293. The van der Waals surface area contributed by atoms with Crippen LogP contribution in [0.2, 0.25) is 0 Å². The number of nitrogens with zero attached hydrogens (tertiary/aromatic N) is 3. The summed E-state index contributed by atoms with van der Waals surface area (Å²) in [6.07, 6.45) is 0. The van der Waals surface area contributed by atoms with Gasteiger partial charge in [0.2, 0.25) is 5.89 Å². The van der Waals surface area contributed by atoms with Crippen molar-refractivity contribution < 1.29 is 18.4 Å². The smallest absolute Gasteiger partial charge is 0.316 e. The van der Waals surface area contributed by atoms with Gasteiger partial charge >= 0.3 is 5.97 Å². The number of esters is 1. The van der Waals surface area contributed by atoms with Gasteiger partial charge in [0.05, 0.1) is 0 Å². The van der Waals surface area contributed by atoms with E-state index in [4.69, 9.17) is 13.6 Å². The van der Waals surface area contributed by atoms with Gasteiger partial charge in [-0.1, -0.05) is 41.6 Å². The average Bonchev–Trinajstić information content (AvgIpc) is 3.31. The first kappa shape index (κ1) is 17.3. The number of para-hydroxylation sites is 2. The highest BCUT2D eigenvalue weighted by Crippen LogP contribution is 2.23. The van der Waals surface area contributed by atoms with Gasteiger partial charge < -0.3 is 13.6 Å². The van der Waals surface area contributed by atoms with Gasteiger partial charge in [-0.15, -0.1) is 10.2 Å². The Balaban J connectivity index is 1.30. The van der Waals surface area contributed by atoms with Crippen LogP contribution in [0, 0.1) is 6.92 Å². The highest BCUT2D eigenvalue weighted by Gasteiger charge is 2.13. The third kappa shape index (κ3) is 4.17. The van der Waals surface area contributed by atoms with E-state index in [2.05, 4.69) is 15.2 Å². The summed E-state index contributed by atoms with van der Waals surface area (Å²) in [5.41, 5.74) is 3.35. The first-order valence-corrected chi connectivity index (χ1v) is 9.19. The van der Waals surface area contributed by atoms with Crippen LogP contribution in [-0.2, 0) is 16.1 Å². The Labute approximate surface area is 158 Å². The quantitative estimate of drug-likeness (QED) is 0.365. The van der Waals surface area contributed by atoms with Crippen molar-refractivity contribution in [2.75, 3.05) is 5.75 Å². The molecule has 0 aliphatic heterocycles. The standard InChI is InChI=1S/C19H15N3O4S/c1-12-5-4-6-13(9-12)18-22-21-16(26-18)10-24-17(23)11-27-19-20-14-7-2-3-8-15(14)25-19/h2-9H,10-11H2,1H3. The van der Waals surface area contributed by atoms with E-state index in [1.165, 1.54) is 11.8 Å². The molecule has 4 aromatic rings. The molecule has 0 fully saturated rings. The van der Waals surface area contributed by atoms with E-state index in [1.54, 1.807) is 0 Å². The molecule has 7 nitrogen and oxygen atoms in total. The molecule has 136 valence electrons. The van der Waals surface area contributed by atoms with Crippen molar-refractivity contribution in [3.63, 3.8) is 0 Å². The number of fused-ring (bicyclic) bond motifs is 1. The molecule has 0 saturated heterocycles. The molecule has 2 aromatic heterocycles. The summed E-state index contributed by atoms with van der Waals surface area (Å²) in [6, 6.07) is 15.1. The first-order chi connectivity index (χ1) is 13.2. The van der Waals surface area contributed by atoms with Crippen LogP contribution in [0.25, 0.3) is 22.6 Å². The Morgan fingerprint density at radius 1 is 1.11 bits per heavy atom. The van der Waals surface area contributed by atoms with E-state index in [9.17, 15) is 4.79 Å². The third-order valence-electron chi connectivity index (χ3n) is 3.68. The molecule has 0 N–H and O–H groups in total. The zero-order chi connectivity index (χ0) is 18.6. The predicted molar refractivity (Wildman–Crippen MR) is 99.0 cm³/mol. The number of oxazole rings is 1. The van der Waals surface area contributed by atoms with E-state index in [1.807, 2.05) is 55.5 Å². The van der Waals surface area contributed by atoms with Crippen LogP contribution in [0.4, 0.5) is 0 Å². The second-order valence-electron chi connectivity index (χ2n) is 5.77. The monoisotopic (exact) mass is 381 g/mol. The van der Waals surface area contributed by atoms with Crippen molar-refractivity contribution >= 4 is 28.8 Å². The molecule has 0 unspecified atom stereocenters. The molecule has 2 heterocycles. The highest BCUT2D eigenvalue weighted by molar-refractivity contribution is 7.99. The lowest BCUT2D eigenvalue weighted by atomic mass is 10.1. The molecule has 2 aromatic carbocycles. The topological polar surface area (TPSA) is 91.2 Å². The fraction of sp³-hybridized carbons (Fsp3) is 0.158. The second-order valence-corrected chi connectivity index (χ2v) is 6.69. The fourth-order valence-corrected chi connectivity index (χ4v) is 3.06. The minimum absolute atomic E-state index is 0.0751. The van der Waals surface area contributed by atoms with Crippen molar-refractivity contribution in [1.82, 2.24) is 15.2 Å². The van der Waals surface area contributed by atoms with E-state index >= 15 is 0 Å². The van der Waals surface area contributed by atoms with Gasteiger partial charge in [0.25, 0.3) is 11.1 Å². The third-order valence-corrected chi connectivity index (χ3v) is 4.48. The first-order valence-electron chi connectivity index (χ1n) is 8.21. The second kappa shape index (κ2) is 7.63. The number of carbonyl (C=O) groups excluding carboxylic acids is 1. The number of rotatable bonds is 6. The number of hydrogen-bond acceptors (Lipinski definition) is 8. The van der Waals surface area contributed by atoms with Crippen molar-refractivity contribution in [2.24, 2.45) is 0 Å². The van der Waals surface area contributed by atoms with Crippen molar-refractivity contribution in [3.8, 4) is 11.5 Å².